The first kappa shape index (κ1) is 22.4. The number of nitrogens with zero attached hydrogens (tertiary/aromatic N) is 2. The number of carbonyl (C=O) groups excluding carboxylic acids is 3. The third-order valence-electron chi connectivity index (χ3n) is 6.21. The molecule has 3 fully saturated rings. The summed E-state index contributed by atoms with van der Waals surface area (Å²) in [6.07, 6.45) is 0.584. The van der Waals surface area contributed by atoms with E-state index in [0.29, 0.717) is 38.5 Å². The van der Waals surface area contributed by atoms with Crippen LogP contribution < -0.4 is 5.32 Å². The number of hydrogen-bond donors (Lipinski definition) is 5. The van der Waals surface area contributed by atoms with Crippen molar-refractivity contribution in [3.05, 3.63) is 0 Å². The lowest BCUT2D eigenvalue weighted by Crippen LogP contribution is -2.69. The molecule has 11 nitrogen and oxygen atoms in total. The number of amides is 4. The van der Waals surface area contributed by atoms with Crippen LogP contribution in [0.4, 0.5) is 4.79 Å². The molecule has 11 heteroatoms. The number of urea groups is 1. The van der Waals surface area contributed by atoms with Crippen molar-refractivity contribution in [2.45, 2.75) is 81.9 Å². The van der Waals surface area contributed by atoms with E-state index in [1.807, 2.05) is 0 Å². The molecule has 1 heterocycles. The third kappa shape index (κ3) is 4.57. The summed E-state index contributed by atoms with van der Waals surface area (Å²) < 4.78 is 0. The van der Waals surface area contributed by atoms with Gasteiger partial charge in [0, 0.05) is 12.1 Å². The van der Waals surface area contributed by atoms with Gasteiger partial charge in [-0.15, -0.1) is 0 Å². The smallest absolute Gasteiger partial charge is 0.329 e. The first-order valence-electron chi connectivity index (χ1n) is 10.4. The second-order valence-corrected chi connectivity index (χ2v) is 8.35. The lowest BCUT2D eigenvalue weighted by Gasteiger charge is -2.49. The number of carboxylic acids is 1. The highest BCUT2D eigenvalue weighted by Crippen LogP contribution is 2.34. The predicted octanol–water partition coefficient (Wildman–Crippen LogP) is -1.01. The Morgan fingerprint density at radius 2 is 1.50 bits per heavy atom. The number of aliphatic carboxylic acids is 1. The molecule has 1 aliphatic heterocycles. The Morgan fingerprint density at radius 1 is 0.933 bits per heavy atom. The molecule has 30 heavy (non-hydrogen) atoms. The van der Waals surface area contributed by atoms with Crippen molar-refractivity contribution >= 4 is 23.8 Å². The minimum Gasteiger partial charge on any atom is -0.480 e. The van der Waals surface area contributed by atoms with Crippen LogP contribution in [0.3, 0.4) is 0 Å². The molecule has 0 radical (unpaired) electrons. The van der Waals surface area contributed by atoms with Crippen molar-refractivity contribution in [2.24, 2.45) is 5.92 Å². The van der Waals surface area contributed by atoms with E-state index in [0.717, 1.165) is 9.80 Å². The van der Waals surface area contributed by atoms with E-state index in [1.54, 1.807) is 0 Å². The number of aliphatic hydroxyl groups is 3. The Labute approximate surface area is 173 Å². The van der Waals surface area contributed by atoms with Crippen molar-refractivity contribution in [1.29, 1.82) is 0 Å². The number of nitrogens with one attached hydrogen (secondary N) is 1. The second-order valence-electron chi connectivity index (χ2n) is 8.35. The zero-order chi connectivity index (χ0) is 22.0. The minimum atomic E-state index is -1.76. The van der Waals surface area contributed by atoms with Crippen LogP contribution in [0, 0.1) is 5.92 Å². The quantitative estimate of drug-likeness (QED) is 0.348. The molecule has 2 aliphatic carbocycles. The van der Waals surface area contributed by atoms with Crippen molar-refractivity contribution < 1.29 is 39.6 Å². The molecule has 5 N–H and O–H groups in total. The summed E-state index contributed by atoms with van der Waals surface area (Å²) >= 11 is 0. The Bertz CT molecular complexity index is 701. The maximum absolute atomic E-state index is 13.3. The van der Waals surface area contributed by atoms with Crippen LogP contribution >= 0.6 is 0 Å². The van der Waals surface area contributed by atoms with E-state index in [4.69, 9.17) is 5.11 Å². The molecule has 3 rings (SSSR count). The topological polar surface area (TPSA) is 168 Å². The summed E-state index contributed by atoms with van der Waals surface area (Å²) in [7, 11) is 0. The van der Waals surface area contributed by atoms with Gasteiger partial charge in [0.2, 0.25) is 11.8 Å². The van der Waals surface area contributed by atoms with Gasteiger partial charge in [0.25, 0.3) is 0 Å². The molecule has 0 aromatic heterocycles. The summed E-state index contributed by atoms with van der Waals surface area (Å²) in [6.45, 7) is -0.729. The van der Waals surface area contributed by atoms with Gasteiger partial charge in [0.05, 0.1) is 12.2 Å². The number of carboxylic acid groups (broad SMARTS) is 1. The zero-order valence-corrected chi connectivity index (χ0v) is 16.6. The molecule has 1 saturated heterocycles. The number of rotatable bonds is 5. The molecular formula is C19H29N3O8. The highest BCUT2D eigenvalue weighted by Gasteiger charge is 2.53. The maximum atomic E-state index is 13.3. The molecule has 0 bridgehead atoms. The number of carbonyl (C=O) groups is 4. The predicted molar refractivity (Wildman–Crippen MR) is 101 cm³/mol. The standard InChI is InChI=1S/C19H29N3O8/c23-12-5-1-3-10(7-12)21-17(28)15(16(27)20-9-14(25)26)18(29)22(19(21)30)11-4-2-6-13(24)8-11/h10-13,15,17,23-24,28H,1-9H2,(H,20,27)(H,25,26)/t10-,11+,12-,13-,15?,17?/m1/s1. The van der Waals surface area contributed by atoms with Gasteiger partial charge in [-0.3, -0.25) is 24.2 Å². The van der Waals surface area contributed by atoms with E-state index in [9.17, 15) is 34.5 Å². The van der Waals surface area contributed by atoms with Gasteiger partial charge in [-0.2, -0.15) is 0 Å². The Balaban J connectivity index is 1.91. The number of aliphatic hydroxyl groups excluding tert-OH is 3. The van der Waals surface area contributed by atoms with Crippen molar-refractivity contribution in [2.75, 3.05) is 6.54 Å². The summed E-state index contributed by atoms with van der Waals surface area (Å²) in [5.41, 5.74) is 0. The Morgan fingerprint density at radius 3 is 2.07 bits per heavy atom. The van der Waals surface area contributed by atoms with Gasteiger partial charge in [-0.25, -0.2) is 4.79 Å². The lowest BCUT2D eigenvalue weighted by atomic mass is 9.87. The van der Waals surface area contributed by atoms with Crippen LogP contribution in [-0.2, 0) is 14.4 Å². The second kappa shape index (κ2) is 9.27. The van der Waals surface area contributed by atoms with E-state index < -0.39 is 66.8 Å². The SMILES string of the molecule is O=C(O)CNC(=O)C1C(=O)N([C@H]2CCC[C@@H](O)C2)C(=O)N([C@@H]2CCC[C@@H](O)C2)C1O. The molecule has 3 aliphatic rings. The van der Waals surface area contributed by atoms with Crippen molar-refractivity contribution in [3.8, 4) is 0 Å². The fraction of sp³-hybridized carbons (Fsp3) is 0.789. The van der Waals surface area contributed by atoms with Crippen LogP contribution in [0.25, 0.3) is 0 Å². The van der Waals surface area contributed by atoms with E-state index >= 15 is 0 Å². The highest BCUT2D eigenvalue weighted by molar-refractivity contribution is 6.09. The summed E-state index contributed by atoms with van der Waals surface area (Å²) in [5, 5.41) is 41.8. The number of imide groups is 1. The molecule has 168 valence electrons. The van der Waals surface area contributed by atoms with Gasteiger partial charge in [-0.1, -0.05) is 0 Å². The number of hydrogen-bond acceptors (Lipinski definition) is 7. The Kier molecular flexibility index (Phi) is 6.94. The molecule has 4 amide bonds. The van der Waals surface area contributed by atoms with E-state index in [1.165, 1.54) is 0 Å². The van der Waals surface area contributed by atoms with Crippen LogP contribution in [0.5, 0.6) is 0 Å². The third-order valence-corrected chi connectivity index (χ3v) is 6.21. The highest BCUT2D eigenvalue weighted by atomic mass is 16.4. The van der Waals surface area contributed by atoms with Crippen LogP contribution in [0.15, 0.2) is 0 Å². The molecule has 0 aromatic rings. The van der Waals surface area contributed by atoms with Crippen LogP contribution in [0.2, 0.25) is 0 Å². The van der Waals surface area contributed by atoms with Gasteiger partial charge in [0.15, 0.2) is 12.1 Å². The summed E-state index contributed by atoms with van der Waals surface area (Å²) in [5.74, 6) is -4.87. The molecular weight excluding hydrogens is 398 g/mol. The minimum absolute atomic E-state index is 0.179. The lowest BCUT2D eigenvalue weighted by molar-refractivity contribution is -0.164. The van der Waals surface area contributed by atoms with Gasteiger partial charge < -0.3 is 25.7 Å². The van der Waals surface area contributed by atoms with Gasteiger partial charge in [-0.05, 0) is 51.4 Å². The van der Waals surface area contributed by atoms with E-state index in [-0.39, 0.29) is 12.8 Å². The van der Waals surface area contributed by atoms with Crippen molar-refractivity contribution in [1.82, 2.24) is 15.1 Å². The van der Waals surface area contributed by atoms with Crippen LogP contribution in [-0.4, -0.2) is 91.1 Å². The van der Waals surface area contributed by atoms with Gasteiger partial charge >= 0.3 is 12.0 Å². The molecule has 0 aromatic carbocycles. The first-order valence-corrected chi connectivity index (χ1v) is 10.4. The molecule has 6 atom stereocenters. The fourth-order valence-electron chi connectivity index (χ4n) is 4.76. The van der Waals surface area contributed by atoms with E-state index in [2.05, 4.69) is 5.32 Å². The summed E-state index contributed by atoms with van der Waals surface area (Å²) in [6, 6.07) is -1.92. The van der Waals surface area contributed by atoms with Gasteiger partial charge in [0.1, 0.15) is 6.54 Å². The summed E-state index contributed by atoms with van der Waals surface area (Å²) in [4.78, 5) is 51.8. The monoisotopic (exact) mass is 427 g/mol. The first-order chi connectivity index (χ1) is 14.2. The average Bonchev–Trinajstić information content (AvgIpc) is 2.66. The molecule has 2 unspecified atom stereocenters. The molecule has 0 spiro atoms. The van der Waals surface area contributed by atoms with Crippen molar-refractivity contribution in [3.63, 3.8) is 0 Å². The van der Waals surface area contributed by atoms with Crippen LogP contribution in [0.1, 0.15) is 51.4 Å². The Hall–Kier alpha value is -2.24. The largest absolute Gasteiger partial charge is 0.480 e. The fourth-order valence-corrected chi connectivity index (χ4v) is 4.76. The normalized spacial score (nSPS) is 35.3. The zero-order valence-electron chi connectivity index (χ0n) is 16.6. The maximum Gasteiger partial charge on any atom is 0.329 e. The average molecular weight is 427 g/mol. The molecule has 2 saturated carbocycles.